The third-order valence-electron chi connectivity index (χ3n) is 7.10. The number of rotatable bonds is 5. The van der Waals surface area contributed by atoms with E-state index >= 15 is 0 Å². The maximum absolute atomic E-state index is 14.0. The predicted octanol–water partition coefficient (Wildman–Crippen LogP) is 3.49. The molecule has 0 spiro atoms. The second-order valence-electron chi connectivity index (χ2n) is 8.91. The highest BCUT2D eigenvalue weighted by Crippen LogP contribution is 2.47. The summed E-state index contributed by atoms with van der Waals surface area (Å²) in [5.41, 5.74) is 2.33. The van der Waals surface area contributed by atoms with Crippen LogP contribution in [0.15, 0.2) is 48.9 Å². The fraction of sp³-hybridized carbons (Fsp3) is 0.333. The van der Waals surface area contributed by atoms with Crippen molar-refractivity contribution in [2.45, 2.75) is 31.8 Å². The van der Waals surface area contributed by atoms with E-state index in [1.54, 1.807) is 36.8 Å². The summed E-state index contributed by atoms with van der Waals surface area (Å²) in [6.07, 6.45) is 6.95. The molecule has 2 bridgehead atoms. The third kappa shape index (κ3) is 3.40. The molecule has 2 atom stereocenters. The van der Waals surface area contributed by atoms with Crippen LogP contribution >= 0.6 is 11.3 Å². The van der Waals surface area contributed by atoms with Gasteiger partial charge in [-0.3, -0.25) is 4.79 Å². The Labute approximate surface area is 200 Å². The Balaban J connectivity index is 1.32. The van der Waals surface area contributed by atoms with Gasteiger partial charge in [0.25, 0.3) is 5.91 Å². The number of aromatic nitrogens is 5. The first-order valence-electron chi connectivity index (χ1n) is 11.3. The molecule has 4 aromatic rings. The Kier molecular flexibility index (Phi) is 4.99. The van der Waals surface area contributed by atoms with Gasteiger partial charge in [0.15, 0.2) is 5.13 Å². The normalized spacial score (nSPS) is 23.4. The van der Waals surface area contributed by atoms with Crippen LogP contribution in [-0.4, -0.2) is 54.4 Å². The van der Waals surface area contributed by atoms with Gasteiger partial charge < -0.3 is 10.2 Å². The number of nitrogens with zero attached hydrogens (tertiary/aromatic N) is 7. The Morgan fingerprint density at radius 1 is 1.24 bits per heavy atom. The Morgan fingerprint density at radius 3 is 2.82 bits per heavy atom. The molecule has 7 rings (SSSR count). The second kappa shape index (κ2) is 8.18. The summed E-state index contributed by atoms with van der Waals surface area (Å²) in [7, 11) is 0. The summed E-state index contributed by atoms with van der Waals surface area (Å²) in [5.74, 6) is 0.882. The van der Waals surface area contributed by atoms with Gasteiger partial charge in [0.05, 0.1) is 41.3 Å². The molecule has 170 valence electrons. The molecule has 34 heavy (non-hydrogen) atoms. The lowest BCUT2D eigenvalue weighted by Crippen LogP contribution is -2.64. The van der Waals surface area contributed by atoms with Gasteiger partial charge in [-0.25, -0.2) is 9.97 Å². The molecule has 1 aromatic carbocycles. The van der Waals surface area contributed by atoms with Crippen LogP contribution in [0.3, 0.4) is 0 Å². The first kappa shape index (κ1) is 20.7. The van der Waals surface area contributed by atoms with Crippen molar-refractivity contribution in [1.82, 2.24) is 29.9 Å². The molecule has 3 aromatic heterocycles. The summed E-state index contributed by atoms with van der Waals surface area (Å²) >= 11 is 1.52. The van der Waals surface area contributed by atoms with E-state index in [-0.39, 0.29) is 18.0 Å². The van der Waals surface area contributed by atoms with E-state index in [9.17, 15) is 10.1 Å². The molecule has 9 nitrogen and oxygen atoms in total. The van der Waals surface area contributed by atoms with E-state index in [2.05, 4.69) is 38.5 Å². The average molecular weight is 471 g/mol. The first-order chi connectivity index (χ1) is 16.6. The fourth-order valence-corrected chi connectivity index (χ4v) is 6.01. The van der Waals surface area contributed by atoms with E-state index < -0.39 is 0 Å². The molecule has 2 aliphatic heterocycles. The highest BCUT2D eigenvalue weighted by atomic mass is 32.1. The minimum Gasteiger partial charge on any atom is -0.359 e. The van der Waals surface area contributed by atoms with E-state index in [0.29, 0.717) is 35.2 Å². The molecule has 1 saturated carbocycles. The summed E-state index contributed by atoms with van der Waals surface area (Å²) < 4.78 is 0. The molecule has 0 radical (unpaired) electrons. The lowest BCUT2D eigenvalue weighted by molar-refractivity contribution is -0.0502. The Morgan fingerprint density at radius 2 is 2.06 bits per heavy atom. The van der Waals surface area contributed by atoms with Gasteiger partial charge in [0, 0.05) is 18.8 Å². The Bertz CT molecular complexity index is 1370. The minimum atomic E-state index is -0.0860. The van der Waals surface area contributed by atoms with Crippen molar-refractivity contribution < 1.29 is 4.79 Å². The van der Waals surface area contributed by atoms with Gasteiger partial charge >= 0.3 is 0 Å². The molecule has 5 heterocycles. The number of amides is 1. The predicted molar refractivity (Wildman–Crippen MR) is 128 cm³/mol. The van der Waals surface area contributed by atoms with Gasteiger partial charge in [0.2, 0.25) is 0 Å². The number of benzene rings is 1. The van der Waals surface area contributed by atoms with Crippen LogP contribution in [0.25, 0.3) is 16.0 Å². The highest BCUT2D eigenvalue weighted by molar-refractivity contribution is 7.21. The summed E-state index contributed by atoms with van der Waals surface area (Å²) in [5, 5.41) is 22.2. The molecule has 1 amide bonds. The number of carbonyl (C=O) groups excluding carboxylic acids is 1. The van der Waals surface area contributed by atoms with E-state index in [1.807, 2.05) is 17.0 Å². The van der Waals surface area contributed by atoms with Crippen molar-refractivity contribution in [3.8, 4) is 11.8 Å². The Hall–Kier alpha value is -3.84. The maximum Gasteiger partial charge on any atom is 0.256 e. The van der Waals surface area contributed by atoms with Crippen LogP contribution < -0.4 is 5.32 Å². The van der Waals surface area contributed by atoms with Crippen LogP contribution in [0.5, 0.6) is 0 Å². The van der Waals surface area contributed by atoms with Gasteiger partial charge in [0.1, 0.15) is 10.3 Å². The topological polar surface area (TPSA) is 113 Å². The lowest BCUT2D eigenvalue weighted by Gasteiger charge is -2.57. The average Bonchev–Trinajstić information content (AvgIpc) is 3.51. The standard InChI is InChI=1S/C24H22N8OS/c1-14-16-10-17(11-16)31(21(14)13-27-24-30-19-3-2-6-26-22(19)34-24)23(33)18-9-15(12-25)4-5-20(18)32-28-7-8-29-32/h2-9,14,16-17,21H,10-11,13H2,1H3,(H,27,30)/t14-,16?,17?,21-/m0/s1. The SMILES string of the molecule is C[C@H]1C2CC(C2)N(C(=O)c2cc(C#N)ccc2-n2nccn2)[C@H]1CNc1nc2cccnc2s1. The number of carbonyl (C=O) groups is 1. The van der Waals surface area contributed by atoms with Crippen LogP contribution in [0, 0.1) is 23.2 Å². The molecule has 1 aliphatic carbocycles. The summed E-state index contributed by atoms with van der Waals surface area (Å²) in [4.78, 5) is 27.4. The lowest BCUT2D eigenvalue weighted by atomic mass is 9.64. The number of nitrogens with one attached hydrogen (secondary N) is 1. The number of pyridine rings is 1. The van der Waals surface area contributed by atoms with E-state index in [1.165, 1.54) is 16.1 Å². The molecule has 1 N–H and O–H groups in total. The maximum atomic E-state index is 14.0. The summed E-state index contributed by atoms with van der Waals surface area (Å²) in [6, 6.07) is 11.3. The molecule has 10 heteroatoms. The largest absolute Gasteiger partial charge is 0.359 e. The molecule has 3 fully saturated rings. The monoisotopic (exact) mass is 470 g/mol. The van der Waals surface area contributed by atoms with Gasteiger partial charge in [-0.15, -0.1) is 0 Å². The smallest absolute Gasteiger partial charge is 0.256 e. The number of hydrogen-bond donors (Lipinski definition) is 1. The second-order valence-corrected chi connectivity index (χ2v) is 9.89. The van der Waals surface area contributed by atoms with Crippen molar-refractivity contribution in [2.75, 3.05) is 11.9 Å². The zero-order valence-corrected chi connectivity index (χ0v) is 19.3. The van der Waals surface area contributed by atoms with Crippen molar-refractivity contribution >= 4 is 32.7 Å². The van der Waals surface area contributed by atoms with Crippen molar-refractivity contribution in [2.24, 2.45) is 11.8 Å². The molecule has 3 aliphatic rings. The van der Waals surface area contributed by atoms with Crippen molar-refractivity contribution in [3.63, 3.8) is 0 Å². The zero-order valence-electron chi connectivity index (χ0n) is 18.5. The fourth-order valence-electron chi connectivity index (χ4n) is 5.19. The zero-order chi connectivity index (χ0) is 23.2. The van der Waals surface area contributed by atoms with Crippen molar-refractivity contribution in [1.29, 1.82) is 5.26 Å². The van der Waals surface area contributed by atoms with Crippen LogP contribution in [0.2, 0.25) is 0 Å². The molecular weight excluding hydrogens is 448 g/mol. The molecule has 0 unspecified atom stereocenters. The summed E-state index contributed by atoms with van der Waals surface area (Å²) in [6.45, 7) is 2.83. The first-order valence-corrected chi connectivity index (χ1v) is 12.1. The van der Waals surface area contributed by atoms with Gasteiger partial charge in [-0.1, -0.05) is 18.3 Å². The quantitative estimate of drug-likeness (QED) is 0.475. The number of hydrogen-bond acceptors (Lipinski definition) is 8. The number of piperidine rings is 2. The molecule has 2 saturated heterocycles. The van der Waals surface area contributed by atoms with Crippen molar-refractivity contribution in [3.05, 3.63) is 60.0 Å². The van der Waals surface area contributed by atoms with E-state index in [4.69, 9.17) is 0 Å². The van der Waals surface area contributed by atoms with Crippen LogP contribution in [0.4, 0.5) is 5.13 Å². The molecular formula is C24H22N8OS. The van der Waals surface area contributed by atoms with Gasteiger partial charge in [-0.2, -0.15) is 20.3 Å². The van der Waals surface area contributed by atoms with Crippen LogP contribution in [-0.2, 0) is 0 Å². The number of fused-ring (bicyclic) bond motifs is 3. The highest BCUT2D eigenvalue weighted by Gasteiger charge is 2.50. The van der Waals surface area contributed by atoms with Gasteiger partial charge in [-0.05, 0) is 55.0 Å². The van der Waals surface area contributed by atoms with Crippen LogP contribution in [0.1, 0.15) is 35.7 Å². The van der Waals surface area contributed by atoms with E-state index in [0.717, 1.165) is 28.3 Å². The third-order valence-corrected chi connectivity index (χ3v) is 8.04. The number of nitriles is 1. The number of thiazole rings is 1. The number of anilines is 1. The minimum absolute atomic E-state index is 0.00847.